The molecule has 0 aliphatic carbocycles. The fraction of sp³-hybridized carbons (Fsp3) is 0.361. The van der Waals surface area contributed by atoms with Gasteiger partial charge in [0.25, 0.3) is 5.78 Å². The number of aliphatic hydroxyl groups is 1. The fourth-order valence-electron chi connectivity index (χ4n) is 5.94. The fourth-order valence-corrected chi connectivity index (χ4v) is 6.96. The summed E-state index contributed by atoms with van der Waals surface area (Å²) in [6.45, 7) is 9.36. The first kappa shape index (κ1) is 31.4. The second kappa shape index (κ2) is 13.4. The van der Waals surface area contributed by atoms with Crippen molar-refractivity contribution in [3.63, 3.8) is 0 Å². The van der Waals surface area contributed by atoms with Crippen LogP contribution < -0.4 is 23.8 Å². The maximum atomic E-state index is 13.9. The topological polar surface area (TPSA) is 107 Å². The van der Waals surface area contributed by atoms with Gasteiger partial charge in [-0.2, -0.15) is 0 Å². The van der Waals surface area contributed by atoms with Crippen molar-refractivity contribution in [2.45, 2.75) is 65.5 Å². The smallest absolute Gasteiger partial charge is 0.301 e. The zero-order chi connectivity index (χ0) is 32.4. The summed E-state index contributed by atoms with van der Waals surface area (Å²) >= 11 is 1.28. The van der Waals surface area contributed by atoms with Gasteiger partial charge in [-0.25, -0.2) is 4.98 Å². The van der Waals surface area contributed by atoms with Crippen LogP contribution in [0.4, 0.5) is 5.13 Å². The Morgan fingerprint density at radius 1 is 0.978 bits per heavy atom. The molecule has 1 amide bonds. The summed E-state index contributed by atoms with van der Waals surface area (Å²) in [5, 5.41) is 12.1. The molecule has 3 heterocycles. The van der Waals surface area contributed by atoms with Gasteiger partial charge in [-0.1, -0.05) is 37.2 Å². The van der Waals surface area contributed by atoms with Crippen molar-refractivity contribution >= 4 is 44.1 Å². The van der Waals surface area contributed by atoms with Crippen molar-refractivity contribution in [2.75, 3.05) is 24.7 Å². The predicted octanol–water partition coefficient (Wildman–Crippen LogP) is 7.61. The van der Waals surface area contributed by atoms with E-state index in [0.29, 0.717) is 65.3 Å². The highest BCUT2D eigenvalue weighted by Gasteiger charge is 2.48. The molecule has 1 fully saturated rings. The highest BCUT2D eigenvalue weighted by atomic mass is 32.1. The molecule has 0 radical (unpaired) electrons. The van der Waals surface area contributed by atoms with Gasteiger partial charge in [-0.05, 0) is 86.8 Å². The number of hydrogen-bond donors (Lipinski definition) is 1. The Labute approximate surface area is 272 Å². The molecule has 6 rings (SSSR count). The molecule has 1 saturated heterocycles. The maximum absolute atomic E-state index is 13.9. The van der Waals surface area contributed by atoms with Crippen LogP contribution in [-0.4, -0.2) is 47.7 Å². The van der Waals surface area contributed by atoms with Crippen molar-refractivity contribution in [3.05, 3.63) is 76.9 Å². The predicted molar refractivity (Wildman–Crippen MR) is 178 cm³/mol. The molecular formula is C36H38N2O7S. The minimum absolute atomic E-state index is 0.0138. The Bertz CT molecular complexity index is 1810. The number of aliphatic hydroxyl groups excluding tert-OH is 1. The lowest BCUT2D eigenvalue weighted by molar-refractivity contribution is -0.132. The molecule has 9 nitrogen and oxygen atoms in total. The van der Waals surface area contributed by atoms with Crippen molar-refractivity contribution in [1.82, 2.24) is 4.98 Å². The third kappa shape index (κ3) is 6.01. The van der Waals surface area contributed by atoms with E-state index in [-0.39, 0.29) is 17.4 Å². The van der Waals surface area contributed by atoms with E-state index in [1.807, 2.05) is 51.1 Å². The number of ketones is 1. The number of carbonyl (C=O) groups is 2. The molecule has 2 unspecified atom stereocenters. The van der Waals surface area contributed by atoms with Crippen LogP contribution in [0.5, 0.6) is 23.0 Å². The third-order valence-electron chi connectivity index (χ3n) is 8.07. The average molecular weight is 643 g/mol. The van der Waals surface area contributed by atoms with Crippen LogP contribution in [0.15, 0.2) is 60.2 Å². The van der Waals surface area contributed by atoms with Crippen LogP contribution >= 0.6 is 11.3 Å². The van der Waals surface area contributed by atoms with Crippen molar-refractivity contribution < 1.29 is 33.6 Å². The van der Waals surface area contributed by atoms with Crippen LogP contribution in [0.2, 0.25) is 0 Å². The van der Waals surface area contributed by atoms with E-state index in [0.717, 1.165) is 35.3 Å². The SMILES string of the molecule is CCCCCOc1ccc(C2/C(=C(\O)c3ccc4c(c3)CC(C)O4)C(=O)C(=O)N2c2nc3ccc(OCC)cc3s2)cc1OCC. The van der Waals surface area contributed by atoms with Gasteiger partial charge in [0.2, 0.25) is 0 Å². The monoisotopic (exact) mass is 642 g/mol. The van der Waals surface area contributed by atoms with E-state index >= 15 is 0 Å². The molecule has 10 heteroatoms. The second-order valence-corrected chi connectivity index (χ2v) is 12.4. The number of thiazole rings is 1. The number of Topliss-reactive ketones (excluding diaryl/α,β-unsaturated/α-hetero) is 1. The lowest BCUT2D eigenvalue weighted by atomic mass is 9.94. The van der Waals surface area contributed by atoms with E-state index in [9.17, 15) is 14.7 Å². The first-order valence-corrected chi connectivity index (χ1v) is 16.7. The van der Waals surface area contributed by atoms with Gasteiger partial charge in [0.1, 0.15) is 23.4 Å². The molecule has 2 aliphatic heterocycles. The Morgan fingerprint density at radius 3 is 2.59 bits per heavy atom. The van der Waals surface area contributed by atoms with Crippen LogP contribution in [0, 0.1) is 0 Å². The van der Waals surface area contributed by atoms with Gasteiger partial charge in [0.05, 0.1) is 41.7 Å². The van der Waals surface area contributed by atoms with E-state index < -0.39 is 17.7 Å². The van der Waals surface area contributed by atoms with Crippen LogP contribution in [0.1, 0.15) is 69.7 Å². The molecule has 46 heavy (non-hydrogen) atoms. The second-order valence-electron chi connectivity index (χ2n) is 11.4. The van der Waals surface area contributed by atoms with Crippen molar-refractivity contribution in [3.8, 4) is 23.0 Å². The van der Waals surface area contributed by atoms with E-state index in [4.69, 9.17) is 23.9 Å². The molecule has 1 aromatic heterocycles. The zero-order valence-electron chi connectivity index (χ0n) is 26.5. The number of carbonyl (C=O) groups excluding carboxylic acids is 2. The number of ether oxygens (including phenoxy) is 4. The number of amides is 1. The summed E-state index contributed by atoms with van der Waals surface area (Å²) in [6.07, 6.45) is 3.74. The minimum Gasteiger partial charge on any atom is -0.507 e. The summed E-state index contributed by atoms with van der Waals surface area (Å²) in [5.41, 5.74) is 2.60. The van der Waals surface area contributed by atoms with Gasteiger partial charge >= 0.3 is 5.91 Å². The Balaban J connectivity index is 1.48. The normalized spacial score (nSPS) is 18.6. The standard InChI is InChI=1S/C36H38N2O7S/c1-5-8-9-16-44-28-15-10-22(19-29(28)43-7-3)32-31(33(39)23-11-14-27-24(18-23)17-21(4)45-27)34(40)35(41)38(32)36-37-26-13-12-25(42-6-2)20-30(26)46-36/h10-15,18-21,32,39H,5-9,16-17H2,1-4H3/b33-31+. The number of fused-ring (bicyclic) bond motifs is 2. The van der Waals surface area contributed by atoms with Gasteiger partial charge in [0, 0.05) is 12.0 Å². The lowest BCUT2D eigenvalue weighted by Gasteiger charge is -2.24. The number of unbranched alkanes of at least 4 members (excludes halogenated alkanes) is 2. The molecular weight excluding hydrogens is 604 g/mol. The number of aromatic nitrogens is 1. The first-order valence-electron chi connectivity index (χ1n) is 15.9. The molecule has 2 atom stereocenters. The number of anilines is 1. The van der Waals surface area contributed by atoms with E-state index in [1.165, 1.54) is 16.2 Å². The molecule has 0 spiro atoms. The van der Waals surface area contributed by atoms with E-state index in [2.05, 4.69) is 6.92 Å². The minimum atomic E-state index is -0.969. The Hall–Kier alpha value is -4.57. The summed E-state index contributed by atoms with van der Waals surface area (Å²) in [7, 11) is 0. The summed E-state index contributed by atoms with van der Waals surface area (Å²) in [5.74, 6) is 0.691. The summed E-state index contributed by atoms with van der Waals surface area (Å²) < 4.78 is 24.4. The van der Waals surface area contributed by atoms with Gasteiger partial charge in [-0.15, -0.1) is 0 Å². The third-order valence-corrected chi connectivity index (χ3v) is 9.09. The molecule has 240 valence electrons. The zero-order valence-corrected chi connectivity index (χ0v) is 27.3. The highest BCUT2D eigenvalue weighted by Crippen LogP contribution is 2.46. The largest absolute Gasteiger partial charge is 0.507 e. The van der Waals surface area contributed by atoms with Crippen LogP contribution in [0.3, 0.4) is 0 Å². The van der Waals surface area contributed by atoms with Crippen molar-refractivity contribution in [2.24, 2.45) is 0 Å². The van der Waals surface area contributed by atoms with Gasteiger partial charge < -0.3 is 24.1 Å². The molecule has 4 aromatic rings. The lowest BCUT2D eigenvalue weighted by Crippen LogP contribution is -2.29. The molecule has 0 bridgehead atoms. The number of benzene rings is 3. The van der Waals surface area contributed by atoms with Crippen LogP contribution in [-0.2, 0) is 16.0 Å². The molecule has 2 aliphatic rings. The van der Waals surface area contributed by atoms with Gasteiger partial charge in [0.15, 0.2) is 16.6 Å². The van der Waals surface area contributed by atoms with E-state index in [1.54, 1.807) is 24.3 Å². The van der Waals surface area contributed by atoms with Crippen molar-refractivity contribution in [1.29, 1.82) is 0 Å². The summed E-state index contributed by atoms with van der Waals surface area (Å²) in [4.78, 5) is 33.9. The van der Waals surface area contributed by atoms with Gasteiger partial charge in [-0.3, -0.25) is 14.5 Å². The average Bonchev–Trinajstić information content (AvgIpc) is 3.71. The maximum Gasteiger partial charge on any atom is 0.301 e. The number of nitrogens with zero attached hydrogens (tertiary/aromatic N) is 2. The molecule has 3 aromatic carbocycles. The number of hydrogen-bond acceptors (Lipinski definition) is 9. The first-order chi connectivity index (χ1) is 22.3. The molecule has 0 saturated carbocycles. The number of rotatable bonds is 12. The molecule has 1 N–H and O–H groups in total. The Morgan fingerprint density at radius 2 is 1.80 bits per heavy atom. The summed E-state index contributed by atoms with van der Waals surface area (Å²) in [6, 6.07) is 15.3. The quantitative estimate of drug-likeness (QED) is 0.0728. The highest BCUT2D eigenvalue weighted by molar-refractivity contribution is 7.22. The Kier molecular flexibility index (Phi) is 9.17. The van der Waals surface area contributed by atoms with Crippen LogP contribution in [0.25, 0.3) is 16.0 Å².